The Labute approximate surface area is 123 Å². The van der Waals surface area contributed by atoms with Crippen molar-refractivity contribution in [2.24, 2.45) is 0 Å². The number of nitriles is 1. The molecule has 0 saturated carbocycles. The minimum absolute atomic E-state index is 0.0632. The Hall–Kier alpha value is -2.68. The Morgan fingerprint density at radius 1 is 1.43 bits per heavy atom. The van der Waals surface area contributed by atoms with E-state index in [0.29, 0.717) is 0 Å². The number of nitrogens with zero attached hydrogens (tertiary/aromatic N) is 2. The molecule has 0 aliphatic rings. The van der Waals surface area contributed by atoms with Gasteiger partial charge in [0, 0.05) is 13.1 Å². The molecule has 0 bridgehead atoms. The summed E-state index contributed by atoms with van der Waals surface area (Å²) in [5, 5.41) is 19.5. The van der Waals surface area contributed by atoms with Crippen LogP contribution in [0.15, 0.2) is 23.6 Å². The first kappa shape index (κ1) is 20.6. The lowest BCUT2D eigenvalue weighted by Crippen LogP contribution is -2.44. The number of allylic oxidation sites excluding steroid dienone is 1. The van der Waals surface area contributed by atoms with E-state index in [-0.39, 0.29) is 21.8 Å². The number of H-pyrrole nitrogens is 1. The summed E-state index contributed by atoms with van der Waals surface area (Å²) in [6.45, 7) is 12.7. The van der Waals surface area contributed by atoms with Crippen LogP contribution >= 0.6 is 0 Å². The highest BCUT2D eigenvalue weighted by molar-refractivity contribution is 5.41. The summed E-state index contributed by atoms with van der Waals surface area (Å²) in [7, 11) is 0. The first-order valence-corrected chi connectivity index (χ1v) is 6.62. The predicted octanol–water partition coefficient (Wildman–Crippen LogP) is 1.67. The van der Waals surface area contributed by atoms with Crippen LogP contribution in [-0.2, 0) is 0 Å². The smallest absolute Gasteiger partial charge is 0.267 e. The Balaban J connectivity index is 0. The molecule has 0 saturated heterocycles. The van der Waals surface area contributed by atoms with Gasteiger partial charge in [0.25, 0.3) is 5.70 Å². The molecule has 6 nitrogen and oxygen atoms in total. The molecule has 21 heavy (non-hydrogen) atoms. The van der Waals surface area contributed by atoms with E-state index < -0.39 is 10.4 Å². The van der Waals surface area contributed by atoms with Gasteiger partial charge in [0.05, 0.1) is 10.1 Å². The van der Waals surface area contributed by atoms with E-state index in [0.717, 1.165) is 6.20 Å². The van der Waals surface area contributed by atoms with Crippen molar-refractivity contribution in [2.75, 3.05) is 0 Å². The van der Waals surface area contributed by atoms with E-state index in [1.165, 1.54) is 19.1 Å². The van der Waals surface area contributed by atoms with Crippen molar-refractivity contribution in [3.8, 4) is 6.07 Å². The van der Waals surface area contributed by atoms with Gasteiger partial charge in [-0.3, -0.25) is 14.9 Å². The fourth-order valence-corrected chi connectivity index (χ4v) is 1.30. The highest BCUT2D eigenvalue weighted by Gasteiger charge is 2.08. The highest BCUT2D eigenvalue weighted by atomic mass is 16.6. The molecular formula is C15H21N3O3. The van der Waals surface area contributed by atoms with Crippen molar-refractivity contribution in [2.45, 2.75) is 34.6 Å². The molecule has 0 aromatic carbocycles. The maximum atomic E-state index is 11.8. The Bertz CT molecular complexity index is 694. The molecule has 0 unspecified atom stereocenters. The van der Waals surface area contributed by atoms with Crippen LogP contribution in [0.1, 0.15) is 40.2 Å². The normalized spacial score (nSPS) is 11.0. The molecule has 0 spiro atoms. The third-order valence-electron chi connectivity index (χ3n) is 2.16. The second-order valence-corrected chi connectivity index (χ2v) is 3.18. The predicted molar refractivity (Wildman–Crippen MR) is 84.5 cm³/mol. The van der Waals surface area contributed by atoms with Crippen LogP contribution in [0.3, 0.4) is 0 Å². The van der Waals surface area contributed by atoms with Gasteiger partial charge in [0.15, 0.2) is 0 Å². The zero-order valence-corrected chi connectivity index (χ0v) is 13.1. The van der Waals surface area contributed by atoms with E-state index in [2.05, 4.69) is 11.6 Å². The number of pyridine rings is 1. The molecule has 0 atom stereocenters. The van der Waals surface area contributed by atoms with Crippen molar-refractivity contribution in [3.05, 3.63) is 55.3 Å². The van der Waals surface area contributed by atoms with Crippen molar-refractivity contribution in [1.82, 2.24) is 4.98 Å². The van der Waals surface area contributed by atoms with E-state index >= 15 is 0 Å². The quantitative estimate of drug-likeness (QED) is 0.661. The number of aromatic nitrogens is 1. The van der Waals surface area contributed by atoms with Gasteiger partial charge >= 0.3 is 0 Å². The van der Waals surface area contributed by atoms with Crippen molar-refractivity contribution >= 4 is 11.8 Å². The first-order chi connectivity index (χ1) is 10.0. The van der Waals surface area contributed by atoms with Gasteiger partial charge < -0.3 is 4.98 Å². The van der Waals surface area contributed by atoms with Gasteiger partial charge in [0.1, 0.15) is 17.0 Å². The van der Waals surface area contributed by atoms with Crippen LogP contribution in [-0.4, -0.2) is 9.91 Å². The van der Waals surface area contributed by atoms with E-state index in [1.807, 2.05) is 27.7 Å². The average Bonchev–Trinajstić information content (AvgIpc) is 2.52. The van der Waals surface area contributed by atoms with Gasteiger partial charge in [-0.15, -0.1) is 0 Å². The molecule has 1 N–H and O–H groups in total. The van der Waals surface area contributed by atoms with Crippen LogP contribution in [0.5, 0.6) is 0 Å². The number of rotatable bonds is 2. The molecular weight excluding hydrogens is 270 g/mol. The number of hydrogen-bond acceptors (Lipinski definition) is 4. The van der Waals surface area contributed by atoms with Gasteiger partial charge in [-0.05, 0) is 6.08 Å². The van der Waals surface area contributed by atoms with E-state index in [1.54, 1.807) is 6.07 Å². The fourth-order valence-electron chi connectivity index (χ4n) is 1.30. The number of aromatic amines is 1. The maximum Gasteiger partial charge on any atom is 0.267 e. The molecule has 1 heterocycles. The Morgan fingerprint density at radius 3 is 2.33 bits per heavy atom. The topological polar surface area (TPSA) is 99.8 Å². The molecule has 6 heteroatoms. The second kappa shape index (κ2) is 11.2. The van der Waals surface area contributed by atoms with E-state index in [4.69, 9.17) is 5.26 Å². The summed E-state index contributed by atoms with van der Waals surface area (Å²) in [6, 6.07) is 1.71. The van der Waals surface area contributed by atoms with Crippen LogP contribution in [0.2, 0.25) is 0 Å². The van der Waals surface area contributed by atoms with Crippen LogP contribution in [0.25, 0.3) is 11.8 Å². The summed E-state index contributed by atoms with van der Waals surface area (Å²) >= 11 is 0. The van der Waals surface area contributed by atoms with Gasteiger partial charge in [-0.2, -0.15) is 5.26 Å². The van der Waals surface area contributed by atoms with Gasteiger partial charge in [-0.1, -0.05) is 40.3 Å². The van der Waals surface area contributed by atoms with Crippen LogP contribution in [0.4, 0.5) is 0 Å². The van der Waals surface area contributed by atoms with Gasteiger partial charge in [-0.25, -0.2) is 0 Å². The Kier molecular flexibility index (Phi) is 11.0. The summed E-state index contributed by atoms with van der Waals surface area (Å²) in [5.74, 6) is 0. The molecule has 114 valence electrons. The third-order valence-corrected chi connectivity index (χ3v) is 2.16. The molecule has 0 aliphatic carbocycles. The number of nitro groups is 1. The van der Waals surface area contributed by atoms with E-state index in [9.17, 15) is 14.9 Å². The molecule has 0 amide bonds. The lowest BCUT2D eigenvalue weighted by Gasteiger charge is -1.94. The molecule has 0 aliphatic heterocycles. The summed E-state index contributed by atoms with van der Waals surface area (Å²) in [5.41, 5.74) is -0.847. The largest absolute Gasteiger partial charge is 0.354 e. The van der Waals surface area contributed by atoms with Crippen molar-refractivity contribution in [3.63, 3.8) is 0 Å². The SMILES string of the molecule is C=C/C=c1/c(=O)c(C#N)c[nH]/c1=C(/C)[N+](=O)[O-].CC.CC. The molecule has 1 rings (SSSR count). The first-order valence-electron chi connectivity index (χ1n) is 6.62. The minimum atomic E-state index is -0.599. The summed E-state index contributed by atoms with van der Waals surface area (Å²) in [4.78, 5) is 24.4. The fraction of sp³-hybridized carbons (Fsp3) is 0.333. The van der Waals surface area contributed by atoms with Crippen LogP contribution < -0.4 is 16.0 Å². The zero-order valence-electron chi connectivity index (χ0n) is 13.1. The lowest BCUT2D eigenvalue weighted by atomic mass is 10.2. The van der Waals surface area contributed by atoms with Crippen molar-refractivity contribution < 1.29 is 4.92 Å². The molecule has 0 radical (unpaired) electrons. The highest BCUT2D eigenvalue weighted by Crippen LogP contribution is 1.87. The minimum Gasteiger partial charge on any atom is -0.354 e. The summed E-state index contributed by atoms with van der Waals surface area (Å²) in [6.07, 6.45) is 3.83. The second-order valence-electron chi connectivity index (χ2n) is 3.18. The van der Waals surface area contributed by atoms with Crippen LogP contribution in [0, 0.1) is 21.4 Å². The Morgan fingerprint density at radius 2 is 1.95 bits per heavy atom. The third kappa shape index (κ3) is 5.45. The maximum absolute atomic E-state index is 11.8. The lowest BCUT2D eigenvalue weighted by molar-refractivity contribution is -0.379. The van der Waals surface area contributed by atoms with Gasteiger partial charge in [0.2, 0.25) is 5.43 Å². The molecule has 1 aromatic heterocycles. The number of nitrogens with one attached hydrogen (secondary N) is 1. The zero-order chi connectivity index (χ0) is 17.0. The average molecular weight is 291 g/mol. The molecule has 0 fully saturated rings. The number of hydrogen-bond donors (Lipinski definition) is 1. The van der Waals surface area contributed by atoms with Crippen molar-refractivity contribution in [1.29, 1.82) is 5.26 Å². The molecule has 1 aromatic rings. The monoisotopic (exact) mass is 291 g/mol. The summed E-state index contributed by atoms with van der Waals surface area (Å²) < 4.78 is 0. The standard InChI is InChI=1S/C11H9N3O3.2C2H6/c1-3-4-9-10(7(2)14(16)17)13-6-8(5-12)11(9)15;2*1-2/h3-4,6,13H,1H2,2H3;2*1-2H3/b9-4+,10-7-;;.